The van der Waals surface area contributed by atoms with E-state index in [1.54, 1.807) is 23.1 Å². The average molecular weight is 330 g/mol. The molecule has 6 heteroatoms. The molecule has 0 radical (unpaired) electrons. The maximum absolute atomic E-state index is 12.5. The van der Waals surface area contributed by atoms with Crippen LogP contribution < -0.4 is 0 Å². The van der Waals surface area contributed by atoms with Crippen LogP contribution in [0.5, 0.6) is 0 Å². The molecule has 4 nitrogen and oxygen atoms in total. The van der Waals surface area contributed by atoms with Crippen molar-refractivity contribution in [2.75, 3.05) is 13.1 Å². The van der Waals surface area contributed by atoms with Crippen molar-refractivity contribution in [3.8, 4) is 0 Å². The van der Waals surface area contributed by atoms with Crippen LogP contribution in [-0.2, 0) is 4.79 Å². The molecular formula is C15H17Cl2NO3. The van der Waals surface area contributed by atoms with Crippen LogP contribution in [0.1, 0.15) is 36.5 Å². The van der Waals surface area contributed by atoms with Gasteiger partial charge in [-0.3, -0.25) is 9.59 Å². The maximum atomic E-state index is 12.5. The van der Waals surface area contributed by atoms with Gasteiger partial charge in [-0.1, -0.05) is 36.5 Å². The standard InChI is InChI=1S/C15H17Cl2NO3/c1-2-3-15(14(20)21)4-5-18(9-15)13(19)10-6-11(16)8-12(17)7-10/h6-8H,2-5,9H2,1H3,(H,20,21). The lowest BCUT2D eigenvalue weighted by atomic mass is 9.83. The summed E-state index contributed by atoms with van der Waals surface area (Å²) in [7, 11) is 0. The van der Waals surface area contributed by atoms with Gasteiger partial charge in [-0.15, -0.1) is 0 Å². The second-order valence-electron chi connectivity index (χ2n) is 5.47. The van der Waals surface area contributed by atoms with Gasteiger partial charge in [0.15, 0.2) is 0 Å². The summed E-state index contributed by atoms with van der Waals surface area (Å²) in [6, 6.07) is 4.66. The Hall–Kier alpha value is -1.26. The van der Waals surface area contributed by atoms with Crippen LogP contribution in [0, 0.1) is 5.41 Å². The predicted molar refractivity (Wildman–Crippen MR) is 82.0 cm³/mol. The zero-order chi connectivity index (χ0) is 15.6. The van der Waals surface area contributed by atoms with E-state index in [9.17, 15) is 14.7 Å². The summed E-state index contributed by atoms with van der Waals surface area (Å²) in [5, 5.41) is 10.3. The van der Waals surface area contributed by atoms with Crippen LogP contribution in [0.3, 0.4) is 0 Å². The normalized spacial score (nSPS) is 21.6. The van der Waals surface area contributed by atoms with Gasteiger partial charge in [0.25, 0.3) is 5.91 Å². The van der Waals surface area contributed by atoms with E-state index in [0.717, 1.165) is 6.42 Å². The number of halogens is 2. The third-order valence-corrected chi connectivity index (χ3v) is 4.37. The minimum Gasteiger partial charge on any atom is -0.481 e. The van der Waals surface area contributed by atoms with Gasteiger partial charge in [-0.2, -0.15) is 0 Å². The van der Waals surface area contributed by atoms with Crippen LogP contribution in [0.25, 0.3) is 0 Å². The molecule has 1 aliphatic heterocycles. The molecule has 21 heavy (non-hydrogen) atoms. The Labute approximate surface area is 133 Å². The molecule has 1 saturated heterocycles. The molecule has 1 N–H and O–H groups in total. The van der Waals surface area contributed by atoms with E-state index in [0.29, 0.717) is 35.0 Å². The van der Waals surface area contributed by atoms with E-state index in [2.05, 4.69) is 0 Å². The Morgan fingerprint density at radius 1 is 1.29 bits per heavy atom. The summed E-state index contributed by atoms with van der Waals surface area (Å²) >= 11 is 11.8. The van der Waals surface area contributed by atoms with Gasteiger partial charge in [0.1, 0.15) is 0 Å². The van der Waals surface area contributed by atoms with Crippen molar-refractivity contribution < 1.29 is 14.7 Å². The van der Waals surface area contributed by atoms with Crippen molar-refractivity contribution in [3.05, 3.63) is 33.8 Å². The Bertz CT molecular complexity index is 556. The van der Waals surface area contributed by atoms with Crippen LogP contribution in [-0.4, -0.2) is 35.0 Å². The van der Waals surface area contributed by atoms with Gasteiger partial charge < -0.3 is 10.0 Å². The van der Waals surface area contributed by atoms with Crippen molar-refractivity contribution in [3.63, 3.8) is 0 Å². The molecule has 0 saturated carbocycles. The smallest absolute Gasteiger partial charge is 0.311 e. The minimum absolute atomic E-state index is 0.223. The lowest BCUT2D eigenvalue weighted by molar-refractivity contribution is -0.148. The second-order valence-corrected chi connectivity index (χ2v) is 6.34. The number of benzene rings is 1. The van der Waals surface area contributed by atoms with Gasteiger partial charge in [0.2, 0.25) is 0 Å². The van der Waals surface area contributed by atoms with Crippen molar-refractivity contribution in [2.24, 2.45) is 5.41 Å². The second kappa shape index (κ2) is 6.24. The summed E-state index contributed by atoms with van der Waals surface area (Å²) < 4.78 is 0. The molecule has 114 valence electrons. The third kappa shape index (κ3) is 3.33. The molecule has 1 atom stereocenters. The molecule has 1 unspecified atom stereocenters. The molecule has 1 aromatic rings. The van der Waals surface area contributed by atoms with E-state index in [1.165, 1.54) is 0 Å². The quantitative estimate of drug-likeness (QED) is 0.915. The topological polar surface area (TPSA) is 57.6 Å². The first-order valence-corrected chi connectivity index (χ1v) is 7.62. The molecule has 1 aliphatic rings. The number of likely N-dealkylation sites (tertiary alicyclic amines) is 1. The summed E-state index contributed by atoms with van der Waals surface area (Å²) in [5.74, 6) is -1.05. The summed E-state index contributed by atoms with van der Waals surface area (Å²) in [5.41, 5.74) is -0.433. The largest absolute Gasteiger partial charge is 0.481 e. The molecule has 0 aromatic heterocycles. The van der Waals surface area contributed by atoms with Crippen molar-refractivity contribution in [1.82, 2.24) is 4.90 Å². The molecule has 0 bridgehead atoms. The van der Waals surface area contributed by atoms with Gasteiger partial charge in [0.05, 0.1) is 5.41 Å². The SMILES string of the molecule is CCCC1(C(=O)O)CCN(C(=O)c2cc(Cl)cc(Cl)c2)C1. The Balaban J connectivity index is 2.20. The number of carboxylic acids is 1. The Kier molecular flexibility index (Phi) is 4.79. The predicted octanol–water partition coefficient (Wildman–Crippen LogP) is 3.71. The summed E-state index contributed by atoms with van der Waals surface area (Å²) in [6.45, 7) is 2.63. The van der Waals surface area contributed by atoms with Gasteiger partial charge >= 0.3 is 5.97 Å². The molecular weight excluding hydrogens is 313 g/mol. The summed E-state index contributed by atoms with van der Waals surface area (Å²) in [6.07, 6.45) is 1.83. The average Bonchev–Trinajstić information content (AvgIpc) is 2.83. The fraction of sp³-hybridized carbons (Fsp3) is 0.467. The first kappa shape index (κ1) is 16.1. The number of carbonyl (C=O) groups excluding carboxylic acids is 1. The molecule has 1 fully saturated rings. The molecule has 1 aromatic carbocycles. The molecule has 2 rings (SSSR count). The van der Waals surface area contributed by atoms with Crippen molar-refractivity contribution in [1.29, 1.82) is 0 Å². The number of hydrogen-bond acceptors (Lipinski definition) is 2. The first-order valence-electron chi connectivity index (χ1n) is 6.87. The number of aliphatic carboxylic acids is 1. The number of hydrogen-bond donors (Lipinski definition) is 1. The van der Waals surface area contributed by atoms with E-state index in [1.807, 2.05) is 6.92 Å². The van der Waals surface area contributed by atoms with Crippen LogP contribution >= 0.6 is 23.2 Å². The fourth-order valence-electron chi connectivity index (χ4n) is 2.87. The lowest BCUT2D eigenvalue weighted by Crippen LogP contribution is -2.36. The van der Waals surface area contributed by atoms with E-state index in [-0.39, 0.29) is 12.5 Å². The van der Waals surface area contributed by atoms with Crippen LogP contribution in [0.2, 0.25) is 10.0 Å². The van der Waals surface area contributed by atoms with E-state index < -0.39 is 11.4 Å². The highest BCUT2D eigenvalue weighted by molar-refractivity contribution is 6.35. The van der Waals surface area contributed by atoms with Gasteiger partial charge in [-0.05, 0) is 31.0 Å². The Morgan fingerprint density at radius 3 is 2.43 bits per heavy atom. The monoisotopic (exact) mass is 329 g/mol. The van der Waals surface area contributed by atoms with Crippen LogP contribution in [0.4, 0.5) is 0 Å². The van der Waals surface area contributed by atoms with Gasteiger partial charge in [0, 0.05) is 28.7 Å². The summed E-state index contributed by atoms with van der Waals surface area (Å²) in [4.78, 5) is 25.6. The Morgan fingerprint density at radius 2 is 1.90 bits per heavy atom. The number of nitrogens with zero attached hydrogens (tertiary/aromatic N) is 1. The van der Waals surface area contributed by atoms with E-state index >= 15 is 0 Å². The minimum atomic E-state index is -0.830. The highest BCUT2D eigenvalue weighted by atomic mass is 35.5. The van der Waals surface area contributed by atoms with Crippen molar-refractivity contribution in [2.45, 2.75) is 26.2 Å². The van der Waals surface area contributed by atoms with E-state index in [4.69, 9.17) is 23.2 Å². The molecule has 0 aliphatic carbocycles. The van der Waals surface area contributed by atoms with Gasteiger partial charge in [-0.25, -0.2) is 0 Å². The number of rotatable bonds is 4. The first-order chi connectivity index (χ1) is 9.88. The van der Waals surface area contributed by atoms with Crippen molar-refractivity contribution >= 4 is 35.1 Å². The number of carboxylic acid groups (broad SMARTS) is 1. The molecule has 0 spiro atoms. The maximum Gasteiger partial charge on any atom is 0.311 e. The molecule has 1 heterocycles. The lowest BCUT2D eigenvalue weighted by Gasteiger charge is -2.24. The fourth-order valence-corrected chi connectivity index (χ4v) is 3.40. The zero-order valence-electron chi connectivity index (χ0n) is 11.7. The highest BCUT2D eigenvalue weighted by Gasteiger charge is 2.45. The zero-order valence-corrected chi connectivity index (χ0v) is 13.2. The third-order valence-electron chi connectivity index (χ3n) is 3.93. The molecule has 1 amide bonds. The highest BCUT2D eigenvalue weighted by Crippen LogP contribution is 2.36. The van der Waals surface area contributed by atoms with Crippen LogP contribution in [0.15, 0.2) is 18.2 Å². The number of carbonyl (C=O) groups is 2. The number of amides is 1.